The molecule has 0 atom stereocenters. The Morgan fingerprint density at radius 1 is 1.19 bits per heavy atom. The van der Waals surface area contributed by atoms with Gasteiger partial charge in [-0.3, -0.25) is 10.1 Å². The summed E-state index contributed by atoms with van der Waals surface area (Å²) in [5, 5.41) is 13.1. The van der Waals surface area contributed by atoms with Crippen molar-refractivity contribution in [3.05, 3.63) is 60.2 Å². The van der Waals surface area contributed by atoms with E-state index >= 15 is 0 Å². The number of hydrogen-bond acceptors (Lipinski definition) is 3. The first-order valence-corrected chi connectivity index (χ1v) is 9.12. The van der Waals surface area contributed by atoms with E-state index < -0.39 is 0 Å². The zero-order valence-electron chi connectivity index (χ0n) is 15.0. The second-order valence-corrected chi connectivity index (χ2v) is 6.67. The third-order valence-corrected chi connectivity index (χ3v) is 5.14. The van der Waals surface area contributed by atoms with E-state index in [1.165, 1.54) is 16.3 Å². The van der Waals surface area contributed by atoms with Crippen LogP contribution in [0.4, 0.5) is 0 Å². The first-order chi connectivity index (χ1) is 12.8. The number of aliphatic imine (C=N–C) groups is 1. The number of aromatic amines is 1. The number of benzene rings is 2. The van der Waals surface area contributed by atoms with Gasteiger partial charge in [0.2, 0.25) is 0 Å². The van der Waals surface area contributed by atoms with Crippen LogP contribution in [0.3, 0.4) is 0 Å². The molecule has 2 heterocycles. The van der Waals surface area contributed by atoms with Gasteiger partial charge in [0.25, 0.3) is 0 Å². The predicted molar refractivity (Wildman–Crippen MR) is 104 cm³/mol. The number of piperidine rings is 1. The fourth-order valence-electron chi connectivity index (χ4n) is 3.73. The Hall–Kier alpha value is -2.89. The van der Waals surface area contributed by atoms with Crippen LogP contribution in [0, 0.1) is 0 Å². The van der Waals surface area contributed by atoms with Crippen molar-refractivity contribution < 1.29 is 0 Å². The molecule has 26 heavy (non-hydrogen) atoms. The number of aromatic nitrogens is 3. The molecule has 1 saturated heterocycles. The second-order valence-electron chi connectivity index (χ2n) is 6.67. The average Bonchev–Trinajstić information content (AvgIpc) is 3.24. The summed E-state index contributed by atoms with van der Waals surface area (Å²) in [6.07, 6.45) is 3.71. The second kappa shape index (κ2) is 7.56. The van der Waals surface area contributed by atoms with E-state index in [0.29, 0.717) is 5.92 Å². The number of guanidine groups is 1. The zero-order valence-corrected chi connectivity index (χ0v) is 15.0. The maximum Gasteiger partial charge on any atom is 0.193 e. The molecule has 134 valence electrons. The van der Waals surface area contributed by atoms with Gasteiger partial charge >= 0.3 is 0 Å². The molecule has 0 saturated carbocycles. The largest absolute Gasteiger partial charge is 0.352 e. The van der Waals surface area contributed by atoms with Crippen molar-refractivity contribution in [2.24, 2.45) is 4.99 Å². The van der Waals surface area contributed by atoms with Gasteiger partial charge in [-0.05, 0) is 29.2 Å². The fraction of sp³-hybridized carbons (Fsp3) is 0.350. The first kappa shape index (κ1) is 16.6. The van der Waals surface area contributed by atoms with Crippen molar-refractivity contribution in [2.75, 3.05) is 20.1 Å². The van der Waals surface area contributed by atoms with Crippen LogP contribution < -0.4 is 5.32 Å². The highest BCUT2D eigenvalue weighted by atomic mass is 15.3. The Bertz CT molecular complexity index is 873. The monoisotopic (exact) mass is 348 g/mol. The Morgan fingerprint density at radius 3 is 2.77 bits per heavy atom. The number of rotatable bonds is 3. The molecular formula is C20H24N6. The Morgan fingerprint density at radius 2 is 2.00 bits per heavy atom. The van der Waals surface area contributed by atoms with E-state index in [2.05, 4.69) is 72.9 Å². The molecule has 3 aromatic rings. The lowest BCUT2D eigenvalue weighted by atomic mass is 9.96. The Kier molecular flexibility index (Phi) is 4.82. The molecule has 0 bridgehead atoms. The van der Waals surface area contributed by atoms with Gasteiger partial charge in [0.05, 0.1) is 0 Å². The lowest BCUT2D eigenvalue weighted by molar-refractivity contribution is 0.299. The summed E-state index contributed by atoms with van der Waals surface area (Å²) < 4.78 is 0. The number of hydrogen-bond donors (Lipinski definition) is 2. The van der Waals surface area contributed by atoms with Crippen LogP contribution in [0.15, 0.2) is 53.8 Å². The molecule has 2 N–H and O–H groups in total. The van der Waals surface area contributed by atoms with Gasteiger partial charge in [-0.25, -0.2) is 4.98 Å². The quantitative estimate of drug-likeness (QED) is 0.564. The number of H-pyrrole nitrogens is 1. The van der Waals surface area contributed by atoms with Gasteiger partial charge in [0, 0.05) is 32.6 Å². The van der Waals surface area contributed by atoms with Gasteiger partial charge < -0.3 is 10.2 Å². The fourth-order valence-corrected chi connectivity index (χ4v) is 3.73. The maximum atomic E-state index is 4.49. The molecular weight excluding hydrogens is 324 g/mol. The van der Waals surface area contributed by atoms with Crippen LogP contribution >= 0.6 is 0 Å². The van der Waals surface area contributed by atoms with Gasteiger partial charge in [-0.15, -0.1) is 0 Å². The zero-order chi connectivity index (χ0) is 17.8. The van der Waals surface area contributed by atoms with Crippen molar-refractivity contribution in [1.29, 1.82) is 0 Å². The summed E-state index contributed by atoms with van der Waals surface area (Å²) in [7, 11) is 1.86. The van der Waals surface area contributed by atoms with Gasteiger partial charge in [-0.2, -0.15) is 5.10 Å². The van der Waals surface area contributed by atoms with Crippen LogP contribution in [0.5, 0.6) is 0 Å². The van der Waals surface area contributed by atoms with E-state index in [4.69, 9.17) is 0 Å². The number of likely N-dealkylation sites (tertiary alicyclic amines) is 1. The Labute approximate surface area is 153 Å². The van der Waals surface area contributed by atoms with E-state index in [1.54, 1.807) is 6.33 Å². The van der Waals surface area contributed by atoms with Crippen molar-refractivity contribution >= 4 is 16.7 Å². The minimum absolute atomic E-state index is 0.463. The molecule has 0 unspecified atom stereocenters. The topological polar surface area (TPSA) is 69.2 Å². The maximum absolute atomic E-state index is 4.49. The third kappa shape index (κ3) is 3.40. The molecule has 0 amide bonds. The van der Waals surface area contributed by atoms with Gasteiger partial charge in [-0.1, -0.05) is 42.5 Å². The smallest absolute Gasteiger partial charge is 0.193 e. The summed E-state index contributed by atoms with van der Waals surface area (Å²) in [5.74, 6) is 2.43. The van der Waals surface area contributed by atoms with E-state index in [9.17, 15) is 0 Å². The molecule has 1 aliphatic heterocycles. The minimum atomic E-state index is 0.463. The number of nitrogens with zero attached hydrogens (tertiary/aromatic N) is 4. The number of fused-ring (bicyclic) bond motifs is 1. The molecule has 1 aliphatic rings. The molecule has 4 rings (SSSR count). The standard InChI is InChI=1S/C20H24N6/c1-21-20(26-11-9-16(10-12-26)19-23-14-24-25-19)22-13-17-7-4-6-15-5-2-3-8-18(15)17/h2-8,14,16H,9-13H2,1H3,(H,21,22)(H,23,24,25). The van der Waals surface area contributed by atoms with Crippen molar-refractivity contribution in [2.45, 2.75) is 25.3 Å². The van der Waals surface area contributed by atoms with E-state index in [-0.39, 0.29) is 0 Å². The van der Waals surface area contributed by atoms with Crippen LogP contribution in [0.25, 0.3) is 10.8 Å². The van der Waals surface area contributed by atoms with Gasteiger partial charge in [0.15, 0.2) is 5.96 Å². The summed E-state index contributed by atoms with van der Waals surface area (Å²) in [6, 6.07) is 15.0. The molecule has 6 nitrogen and oxygen atoms in total. The lowest BCUT2D eigenvalue weighted by Gasteiger charge is -2.33. The van der Waals surface area contributed by atoms with Crippen LogP contribution in [0.2, 0.25) is 0 Å². The van der Waals surface area contributed by atoms with Crippen LogP contribution in [0.1, 0.15) is 30.1 Å². The normalized spacial score (nSPS) is 16.2. The average molecular weight is 348 g/mol. The summed E-state index contributed by atoms with van der Waals surface area (Å²) in [4.78, 5) is 11.1. The van der Waals surface area contributed by atoms with Crippen LogP contribution in [-0.4, -0.2) is 46.2 Å². The Balaban J connectivity index is 1.39. The summed E-state index contributed by atoms with van der Waals surface area (Å²) in [6.45, 7) is 2.72. The molecule has 1 fully saturated rings. The predicted octanol–water partition coefficient (Wildman–Crippen LogP) is 2.91. The van der Waals surface area contributed by atoms with Crippen molar-refractivity contribution in [3.63, 3.8) is 0 Å². The minimum Gasteiger partial charge on any atom is -0.352 e. The van der Waals surface area contributed by atoms with E-state index in [0.717, 1.165) is 44.3 Å². The molecule has 6 heteroatoms. The summed E-state index contributed by atoms with van der Waals surface area (Å²) in [5.41, 5.74) is 1.29. The van der Waals surface area contributed by atoms with Crippen LogP contribution in [-0.2, 0) is 6.54 Å². The highest BCUT2D eigenvalue weighted by molar-refractivity contribution is 5.86. The highest BCUT2D eigenvalue weighted by Gasteiger charge is 2.24. The lowest BCUT2D eigenvalue weighted by Crippen LogP contribution is -2.45. The van der Waals surface area contributed by atoms with Crippen molar-refractivity contribution in [3.8, 4) is 0 Å². The highest BCUT2D eigenvalue weighted by Crippen LogP contribution is 2.25. The molecule has 2 aromatic carbocycles. The first-order valence-electron chi connectivity index (χ1n) is 9.12. The molecule has 0 aliphatic carbocycles. The van der Waals surface area contributed by atoms with E-state index in [1.807, 2.05) is 7.05 Å². The third-order valence-electron chi connectivity index (χ3n) is 5.14. The molecule has 1 aromatic heterocycles. The molecule has 0 radical (unpaired) electrons. The van der Waals surface area contributed by atoms with Gasteiger partial charge in [0.1, 0.15) is 12.2 Å². The van der Waals surface area contributed by atoms with Crippen molar-refractivity contribution in [1.82, 2.24) is 25.4 Å². The summed E-state index contributed by atoms with van der Waals surface area (Å²) >= 11 is 0. The SMILES string of the molecule is CN=C(NCc1cccc2ccccc12)N1CCC(c2ncn[nH]2)CC1. The number of nitrogens with one attached hydrogen (secondary N) is 2. The molecule has 0 spiro atoms.